The van der Waals surface area contributed by atoms with Crippen molar-refractivity contribution in [3.05, 3.63) is 34.6 Å². The molecule has 0 saturated heterocycles. The first-order chi connectivity index (χ1) is 8.32. The molecule has 0 aromatic heterocycles. The molecule has 0 unspecified atom stereocenters. The number of thiocarbonyl (C=S) groups is 1. The Balaban J connectivity index is 3.09. The van der Waals surface area contributed by atoms with Crippen LogP contribution in [0.1, 0.15) is 24.2 Å². The van der Waals surface area contributed by atoms with E-state index in [-0.39, 0.29) is 23.1 Å². The second-order valence-electron chi connectivity index (χ2n) is 4.12. The highest BCUT2D eigenvalue weighted by atomic mass is 35.5. The van der Waals surface area contributed by atoms with Gasteiger partial charge in [-0.05, 0) is 32.0 Å². The van der Waals surface area contributed by atoms with Crippen molar-refractivity contribution < 1.29 is 9.18 Å². The first-order valence-corrected chi connectivity index (χ1v) is 6.16. The molecular weight excluding hydrogens is 275 g/mol. The van der Waals surface area contributed by atoms with Gasteiger partial charge in [-0.1, -0.05) is 23.8 Å². The van der Waals surface area contributed by atoms with Crippen LogP contribution in [-0.4, -0.2) is 28.4 Å². The van der Waals surface area contributed by atoms with Gasteiger partial charge in [0.1, 0.15) is 5.82 Å². The van der Waals surface area contributed by atoms with E-state index in [4.69, 9.17) is 29.6 Å². The van der Waals surface area contributed by atoms with Crippen LogP contribution < -0.4 is 5.73 Å². The molecule has 0 fully saturated rings. The van der Waals surface area contributed by atoms with Crippen molar-refractivity contribution in [2.24, 2.45) is 5.73 Å². The monoisotopic (exact) mass is 288 g/mol. The van der Waals surface area contributed by atoms with Crippen LogP contribution in [0.25, 0.3) is 0 Å². The zero-order valence-corrected chi connectivity index (χ0v) is 11.7. The molecule has 0 saturated carbocycles. The highest BCUT2D eigenvalue weighted by molar-refractivity contribution is 7.80. The van der Waals surface area contributed by atoms with Crippen molar-refractivity contribution in [1.29, 1.82) is 0 Å². The molecule has 6 heteroatoms. The number of hydrogen-bond acceptors (Lipinski definition) is 2. The Morgan fingerprint density at radius 2 is 2.17 bits per heavy atom. The number of halogens is 2. The lowest BCUT2D eigenvalue weighted by atomic mass is 10.1. The third-order valence-electron chi connectivity index (χ3n) is 2.37. The molecule has 18 heavy (non-hydrogen) atoms. The summed E-state index contributed by atoms with van der Waals surface area (Å²) < 4.78 is 13.6. The zero-order chi connectivity index (χ0) is 13.9. The van der Waals surface area contributed by atoms with E-state index in [9.17, 15) is 9.18 Å². The number of amides is 1. The highest BCUT2D eigenvalue weighted by Crippen LogP contribution is 2.17. The van der Waals surface area contributed by atoms with Crippen LogP contribution >= 0.6 is 23.8 Å². The van der Waals surface area contributed by atoms with E-state index in [1.54, 1.807) is 13.8 Å². The quantitative estimate of drug-likeness (QED) is 0.867. The minimum absolute atomic E-state index is 0.0764. The molecule has 2 N–H and O–H groups in total. The molecule has 0 atom stereocenters. The van der Waals surface area contributed by atoms with Crippen LogP contribution in [0.4, 0.5) is 4.39 Å². The van der Waals surface area contributed by atoms with Crippen molar-refractivity contribution in [2.45, 2.75) is 19.9 Å². The van der Waals surface area contributed by atoms with Gasteiger partial charge < -0.3 is 10.6 Å². The molecule has 0 aliphatic heterocycles. The van der Waals surface area contributed by atoms with Gasteiger partial charge in [0.05, 0.1) is 17.1 Å². The lowest BCUT2D eigenvalue weighted by Gasteiger charge is -2.26. The molecule has 0 aliphatic rings. The summed E-state index contributed by atoms with van der Waals surface area (Å²) >= 11 is 10.5. The summed E-state index contributed by atoms with van der Waals surface area (Å²) in [6, 6.07) is 3.71. The Hall–Kier alpha value is -1.20. The molecule has 0 heterocycles. The first kappa shape index (κ1) is 14.9. The Kier molecular flexibility index (Phi) is 5.04. The van der Waals surface area contributed by atoms with Gasteiger partial charge in [0.2, 0.25) is 0 Å². The summed E-state index contributed by atoms with van der Waals surface area (Å²) in [6.07, 6.45) is 0. The maximum absolute atomic E-state index is 13.6. The third kappa shape index (κ3) is 3.65. The average Bonchev–Trinajstić information content (AvgIpc) is 2.27. The Bertz CT molecular complexity index is 479. The third-order valence-corrected chi connectivity index (χ3v) is 2.73. The van der Waals surface area contributed by atoms with Crippen LogP contribution in [0.5, 0.6) is 0 Å². The summed E-state index contributed by atoms with van der Waals surface area (Å²) in [5.41, 5.74) is 5.36. The normalized spacial score (nSPS) is 10.5. The zero-order valence-electron chi connectivity index (χ0n) is 10.1. The minimum atomic E-state index is -0.613. The molecule has 0 aliphatic carbocycles. The standard InChI is InChI=1S/C12H14ClFN2OS/c1-7(2)16(6-11(15)18)12(17)9-5-8(13)3-4-10(9)14/h3-5,7H,6H2,1-2H3,(H2,15,18). The van der Waals surface area contributed by atoms with E-state index in [2.05, 4.69) is 0 Å². The van der Waals surface area contributed by atoms with Crippen LogP contribution in [0, 0.1) is 5.82 Å². The molecule has 0 radical (unpaired) electrons. The number of carbonyl (C=O) groups is 1. The van der Waals surface area contributed by atoms with Crippen molar-refractivity contribution in [3.63, 3.8) is 0 Å². The molecule has 98 valence electrons. The SMILES string of the molecule is CC(C)N(CC(N)=S)C(=O)c1cc(Cl)ccc1F. The number of carbonyl (C=O) groups excluding carboxylic acids is 1. The highest BCUT2D eigenvalue weighted by Gasteiger charge is 2.22. The predicted octanol–water partition coefficient (Wildman–Crippen LogP) is 2.62. The molecule has 1 amide bonds. The lowest BCUT2D eigenvalue weighted by molar-refractivity contribution is 0.0731. The van der Waals surface area contributed by atoms with Gasteiger partial charge in [0.15, 0.2) is 0 Å². The van der Waals surface area contributed by atoms with Gasteiger partial charge in [-0.25, -0.2) is 4.39 Å². The minimum Gasteiger partial charge on any atom is -0.392 e. The molecule has 0 bridgehead atoms. The molecule has 1 aromatic rings. The summed E-state index contributed by atoms with van der Waals surface area (Å²) in [5.74, 6) is -1.09. The Labute approximate surface area is 116 Å². The van der Waals surface area contributed by atoms with E-state index in [1.807, 2.05) is 0 Å². The molecule has 1 rings (SSSR count). The average molecular weight is 289 g/mol. The Morgan fingerprint density at radius 1 is 1.56 bits per heavy atom. The van der Waals surface area contributed by atoms with Gasteiger partial charge in [-0.2, -0.15) is 0 Å². The van der Waals surface area contributed by atoms with Gasteiger partial charge in [-0.3, -0.25) is 4.79 Å². The van der Waals surface area contributed by atoms with E-state index < -0.39 is 11.7 Å². The predicted molar refractivity (Wildman–Crippen MR) is 74.4 cm³/mol. The topological polar surface area (TPSA) is 46.3 Å². The number of hydrogen-bond donors (Lipinski definition) is 1. The van der Waals surface area contributed by atoms with Crippen molar-refractivity contribution >= 4 is 34.7 Å². The molecule has 1 aromatic carbocycles. The molecule has 0 spiro atoms. The number of nitrogens with two attached hydrogens (primary N) is 1. The fraction of sp³-hybridized carbons (Fsp3) is 0.333. The Morgan fingerprint density at radius 3 is 2.67 bits per heavy atom. The maximum Gasteiger partial charge on any atom is 0.257 e. The van der Waals surface area contributed by atoms with E-state index in [1.165, 1.54) is 17.0 Å². The van der Waals surface area contributed by atoms with Gasteiger partial charge in [-0.15, -0.1) is 0 Å². The summed E-state index contributed by atoms with van der Waals surface area (Å²) in [4.78, 5) is 13.8. The number of benzene rings is 1. The smallest absolute Gasteiger partial charge is 0.257 e. The number of rotatable bonds is 4. The second-order valence-corrected chi connectivity index (χ2v) is 5.08. The maximum atomic E-state index is 13.6. The fourth-order valence-corrected chi connectivity index (χ4v) is 1.78. The van der Waals surface area contributed by atoms with Crippen molar-refractivity contribution in [3.8, 4) is 0 Å². The van der Waals surface area contributed by atoms with Crippen molar-refractivity contribution in [1.82, 2.24) is 4.90 Å². The van der Waals surface area contributed by atoms with E-state index in [0.29, 0.717) is 5.02 Å². The fourth-order valence-electron chi connectivity index (χ4n) is 1.47. The van der Waals surface area contributed by atoms with Crippen LogP contribution in [0.15, 0.2) is 18.2 Å². The molecule has 3 nitrogen and oxygen atoms in total. The van der Waals surface area contributed by atoms with Gasteiger partial charge >= 0.3 is 0 Å². The van der Waals surface area contributed by atoms with E-state index >= 15 is 0 Å². The summed E-state index contributed by atoms with van der Waals surface area (Å²) in [5, 5.41) is 0.304. The first-order valence-electron chi connectivity index (χ1n) is 5.37. The summed E-state index contributed by atoms with van der Waals surface area (Å²) in [7, 11) is 0. The van der Waals surface area contributed by atoms with Crippen LogP contribution in [-0.2, 0) is 0 Å². The van der Waals surface area contributed by atoms with Gasteiger partial charge in [0, 0.05) is 11.1 Å². The van der Waals surface area contributed by atoms with Crippen LogP contribution in [0.3, 0.4) is 0 Å². The molecular formula is C12H14ClFN2OS. The number of nitrogens with zero attached hydrogens (tertiary/aromatic N) is 1. The largest absolute Gasteiger partial charge is 0.392 e. The lowest BCUT2D eigenvalue weighted by Crippen LogP contribution is -2.42. The second kappa shape index (κ2) is 6.11. The van der Waals surface area contributed by atoms with Crippen molar-refractivity contribution in [2.75, 3.05) is 6.54 Å². The van der Waals surface area contributed by atoms with E-state index in [0.717, 1.165) is 6.07 Å². The summed E-state index contributed by atoms with van der Waals surface area (Å²) in [6.45, 7) is 3.72. The van der Waals surface area contributed by atoms with Gasteiger partial charge in [0.25, 0.3) is 5.91 Å². The van der Waals surface area contributed by atoms with Crippen LogP contribution in [0.2, 0.25) is 5.02 Å².